The van der Waals surface area contributed by atoms with Crippen molar-refractivity contribution in [2.24, 2.45) is 0 Å². The Balaban J connectivity index is 0.000000287. The van der Waals surface area contributed by atoms with Crippen LogP contribution in [0.3, 0.4) is 0 Å². The van der Waals surface area contributed by atoms with Crippen LogP contribution in [0.2, 0.25) is 0 Å². The van der Waals surface area contributed by atoms with Crippen LogP contribution in [0, 0.1) is 6.92 Å². The van der Waals surface area contributed by atoms with Gasteiger partial charge in [0.2, 0.25) is 0 Å². The number of aryl methyl sites for hydroxylation is 1. The van der Waals surface area contributed by atoms with Crippen molar-refractivity contribution in [3.8, 4) is 0 Å². The van der Waals surface area contributed by atoms with E-state index in [2.05, 4.69) is 14.2 Å². The third kappa shape index (κ3) is 5.83. The number of anilines is 1. The van der Waals surface area contributed by atoms with Crippen molar-refractivity contribution in [2.75, 3.05) is 5.32 Å². The quantitative estimate of drug-likeness (QED) is 0.425. The molecular weight excluding hydrogens is 351 g/mol. The molecule has 0 spiro atoms. The summed E-state index contributed by atoms with van der Waals surface area (Å²) in [5.41, 5.74) is 1.42. The van der Waals surface area contributed by atoms with Gasteiger partial charge in [-0.2, -0.15) is 0 Å². The van der Waals surface area contributed by atoms with Crippen LogP contribution in [-0.2, 0) is 12.4 Å². The minimum atomic E-state index is -4.92. The summed E-state index contributed by atoms with van der Waals surface area (Å²) in [6, 6.07) is 9.78. The Hall–Kier alpha value is -1.92. The molecule has 0 saturated carbocycles. The van der Waals surface area contributed by atoms with E-state index in [0.29, 0.717) is 0 Å². The summed E-state index contributed by atoms with van der Waals surface area (Å²) in [7, 11) is 0. The van der Waals surface area contributed by atoms with Gasteiger partial charge in [-0.3, -0.25) is 4.98 Å². The Kier molecular flexibility index (Phi) is 7.01. The molecule has 2 aromatic rings. The van der Waals surface area contributed by atoms with Crippen molar-refractivity contribution in [1.82, 2.24) is 4.98 Å². The first kappa shape index (κ1) is 18.1. The van der Waals surface area contributed by atoms with Crippen LogP contribution in [-0.4, -0.2) is 34.4 Å². The molecule has 1 aromatic heterocycles. The molecule has 0 bridgehead atoms. The normalized spacial score (nSPS) is 12.5. The second kappa shape index (κ2) is 8.50. The van der Waals surface area contributed by atoms with Crippen molar-refractivity contribution in [3.05, 3.63) is 54.4 Å². The molecule has 0 saturated heterocycles. The summed E-state index contributed by atoms with van der Waals surface area (Å²) in [6.07, 6.45) is 3.57. The molecule has 0 aliphatic rings. The maximum atomic E-state index is 11.4. The van der Waals surface area contributed by atoms with E-state index in [0.717, 1.165) is 0 Å². The Morgan fingerprint density at radius 1 is 1.23 bits per heavy atom. The molecule has 0 aliphatic carbocycles. The first-order valence-electron chi connectivity index (χ1n) is 6.26. The van der Waals surface area contributed by atoms with E-state index < -0.39 is 14.2 Å². The predicted octanol–water partition coefficient (Wildman–Crippen LogP) is 1.09. The average Bonchev–Trinajstić information content (AvgIpc) is 2.48. The molecule has 3 N–H and O–H groups in total. The third-order valence-electron chi connectivity index (χ3n) is 2.48. The average molecular weight is 368 g/mol. The van der Waals surface area contributed by atoms with E-state index in [1.807, 2.05) is 19.1 Å². The van der Waals surface area contributed by atoms with E-state index in [-0.39, 0.29) is 15.9 Å². The predicted molar refractivity (Wildman–Crippen MR) is 81.7 cm³/mol. The monoisotopic (exact) mass is 368 g/mol. The number of nitrogens with one attached hydrogen (secondary N) is 1. The zero-order chi connectivity index (χ0) is 16.6. The van der Waals surface area contributed by atoms with Gasteiger partial charge in [0.25, 0.3) is 0 Å². The van der Waals surface area contributed by atoms with Crippen molar-refractivity contribution in [2.45, 2.75) is 13.8 Å². The smallest absolute Gasteiger partial charge is 0.0270 e. The molecule has 2 rings (SSSR count). The summed E-state index contributed by atoms with van der Waals surface area (Å²) in [5.74, 6) is -0.379. The zero-order valence-electron chi connectivity index (χ0n) is 12.1. The van der Waals surface area contributed by atoms with E-state index in [1.54, 1.807) is 18.5 Å². The number of para-hydroxylation sites is 1. The summed E-state index contributed by atoms with van der Waals surface area (Å²) in [5, 5.41) is 10.7. The summed E-state index contributed by atoms with van der Waals surface area (Å²) in [6.45, 7) is 3.31. The number of aromatic nitrogens is 1. The van der Waals surface area contributed by atoms with Crippen LogP contribution in [0.15, 0.2) is 48.8 Å². The molecule has 22 heavy (non-hydrogen) atoms. The van der Waals surface area contributed by atoms with Gasteiger partial charge in [0.05, 0.1) is 0 Å². The van der Waals surface area contributed by atoms with Gasteiger partial charge < -0.3 is 0 Å². The van der Waals surface area contributed by atoms with Gasteiger partial charge >= 0.3 is 88.4 Å². The fourth-order valence-electron chi connectivity index (χ4n) is 1.49. The maximum absolute atomic E-state index is 11.4. The van der Waals surface area contributed by atoms with Crippen LogP contribution in [0.4, 0.5) is 5.69 Å². The summed E-state index contributed by atoms with van der Waals surface area (Å²) < 4.78 is 24.1. The SMILES string of the molecule is CC(=O)Nc1ccccc1[As](=O)(O)OO.Cc1ccncc1. The molecule has 1 heterocycles. The van der Waals surface area contributed by atoms with E-state index in [1.165, 1.54) is 30.7 Å². The molecule has 0 radical (unpaired) electrons. The van der Waals surface area contributed by atoms with Crippen LogP contribution in [0.1, 0.15) is 12.5 Å². The number of benzene rings is 1. The van der Waals surface area contributed by atoms with E-state index in [9.17, 15) is 12.6 Å². The van der Waals surface area contributed by atoms with Crippen molar-refractivity contribution in [3.63, 3.8) is 0 Å². The van der Waals surface area contributed by atoms with Gasteiger partial charge in [0, 0.05) is 12.4 Å². The number of rotatable bonds is 3. The molecule has 0 aliphatic heterocycles. The fourth-order valence-corrected chi connectivity index (χ4v) is 3.16. The standard InChI is InChI=1S/C8H10AsNO5.C6H7N/c1-6(11)10-8-5-3-2-4-7(8)9(12,13)15-14;1-6-2-4-7-5-3-6/h2-5,14H,1H3,(H,10,11)(H,12,13);2-5H,1H3. The molecular formula is C14H17AsN2O5. The van der Waals surface area contributed by atoms with Crippen LogP contribution in [0.5, 0.6) is 0 Å². The number of nitrogens with zero attached hydrogens (tertiary/aromatic N) is 1. The van der Waals surface area contributed by atoms with E-state index in [4.69, 9.17) is 5.26 Å². The minimum absolute atomic E-state index is 0.103. The van der Waals surface area contributed by atoms with Gasteiger partial charge in [0.1, 0.15) is 0 Å². The van der Waals surface area contributed by atoms with Gasteiger partial charge in [-0.05, 0) is 24.6 Å². The molecule has 8 heteroatoms. The van der Waals surface area contributed by atoms with E-state index >= 15 is 0 Å². The number of hydrogen-bond acceptors (Lipinski definition) is 5. The van der Waals surface area contributed by atoms with Crippen molar-refractivity contribution in [1.29, 1.82) is 0 Å². The van der Waals surface area contributed by atoms with Gasteiger partial charge in [0.15, 0.2) is 0 Å². The number of carbonyl (C=O) groups is 1. The number of pyridine rings is 1. The number of amides is 1. The Morgan fingerprint density at radius 3 is 2.27 bits per heavy atom. The maximum Gasteiger partial charge on any atom is 0.0270 e. The molecule has 1 unspecified atom stereocenters. The zero-order valence-corrected chi connectivity index (χ0v) is 14.0. The summed E-state index contributed by atoms with van der Waals surface area (Å²) in [4.78, 5) is 14.6. The molecule has 0 fully saturated rings. The van der Waals surface area contributed by atoms with Gasteiger partial charge in [-0.25, -0.2) is 0 Å². The van der Waals surface area contributed by atoms with Crippen LogP contribution < -0.4 is 9.67 Å². The Labute approximate surface area is 130 Å². The second-order valence-electron chi connectivity index (χ2n) is 4.32. The first-order valence-corrected chi connectivity index (χ1v) is 9.57. The number of hydrogen-bond donors (Lipinski definition) is 3. The van der Waals surface area contributed by atoms with Crippen LogP contribution >= 0.6 is 0 Å². The van der Waals surface area contributed by atoms with Gasteiger partial charge in [-0.15, -0.1) is 0 Å². The van der Waals surface area contributed by atoms with Crippen molar-refractivity contribution < 1.29 is 21.8 Å². The fraction of sp³-hybridized carbons (Fsp3) is 0.143. The Bertz CT molecular complexity index is 663. The van der Waals surface area contributed by atoms with Crippen molar-refractivity contribution >= 4 is 30.1 Å². The topological polar surface area (TPSA) is 109 Å². The first-order chi connectivity index (χ1) is 10.4. The van der Waals surface area contributed by atoms with Crippen LogP contribution in [0.25, 0.3) is 0 Å². The molecule has 1 aromatic carbocycles. The minimum Gasteiger partial charge on any atom is -0.265 e. The number of carbonyl (C=O) groups excluding carboxylic acids is 1. The summed E-state index contributed by atoms with van der Waals surface area (Å²) >= 11 is -4.92. The molecule has 1 atom stereocenters. The van der Waals surface area contributed by atoms with Gasteiger partial charge in [-0.1, -0.05) is 0 Å². The largest absolute Gasteiger partial charge is 0.265 e. The molecule has 1 amide bonds. The molecule has 118 valence electrons. The third-order valence-corrected chi connectivity index (χ3v) is 5.04. The Morgan fingerprint density at radius 2 is 1.82 bits per heavy atom. The second-order valence-corrected chi connectivity index (χ2v) is 7.86. The molecule has 7 nitrogen and oxygen atoms in total.